The van der Waals surface area contributed by atoms with Gasteiger partial charge in [0.15, 0.2) is 5.84 Å². The van der Waals surface area contributed by atoms with Gasteiger partial charge < -0.3 is 9.64 Å². The van der Waals surface area contributed by atoms with E-state index in [1.165, 1.54) is 0 Å². The van der Waals surface area contributed by atoms with Gasteiger partial charge in [-0.2, -0.15) is 10.2 Å². The maximum Gasteiger partial charge on any atom is 0.173 e. The molecule has 7 heteroatoms. The first-order chi connectivity index (χ1) is 13.0. The molecule has 0 unspecified atom stereocenters. The summed E-state index contributed by atoms with van der Waals surface area (Å²) in [4.78, 5) is 6.35. The van der Waals surface area contributed by atoms with Crippen molar-refractivity contribution in [2.75, 3.05) is 25.6 Å². The first kappa shape index (κ1) is 20.1. The Kier molecular flexibility index (Phi) is 7.51. The number of amidine groups is 1. The van der Waals surface area contributed by atoms with Gasteiger partial charge in [0.1, 0.15) is 11.5 Å². The summed E-state index contributed by atoms with van der Waals surface area (Å²) in [5.41, 5.74) is 5.22. The standard InChI is InChI=1S/C20H25N5O2/c1-5-27-19-12-8-17(9-13-19)22-20(24-26)15(2)23-21-14-16-6-10-18(11-7-16)25(3)4/h6-14,26H,5H2,1-4H3,(H,22,24). The molecule has 7 nitrogen and oxygen atoms in total. The third-order valence-corrected chi connectivity index (χ3v) is 3.66. The van der Waals surface area contributed by atoms with Crippen molar-refractivity contribution in [3.05, 3.63) is 54.1 Å². The molecule has 0 spiro atoms. The lowest BCUT2D eigenvalue weighted by Crippen LogP contribution is -2.26. The van der Waals surface area contributed by atoms with Gasteiger partial charge >= 0.3 is 0 Å². The summed E-state index contributed by atoms with van der Waals surface area (Å²) in [6, 6.07) is 15.2. The number of ether oxygens (including phenoxy) is 1. The topological polar surface area (TPSA) is 81.8 Å². The summed E-state index contributed by atoms with van der Waals surface area (Å²) in [6.07, 6.45) is 1.65. The van der Waals surface area contributed by atoms with Gasteiger partial charge in [-0.1, -0.05) is 12.1 Å². The van der Waals surface area contributed by atoms with Crippen molar-refractivity contribution in [2.24, 2.45) is 15.2 Å². The van der Waals surface area contributed by atoms with Gasteiger partial charge in [0.25, 0.3) is 0 Å². The maximum atomic E-state index is 9.35. The van der Waals surface area contributed by atoms with Gasteiger partial charge in [-0.25, -0.2) is 4.99 Å². The molecule has 0 atom stereocenters. The van der Waals surface area contributed by atoms with Crippen molar-refractivity contribution in [2.45, 2.75) is 13.8 Å². The van der Waals surface area contributed by atoms with Gasteiger partial charge in [0, 0.05) is 19.8 Å². The minimum atomic E-state index is 0.222. The Labute approximate surface area is 159 Å². The van der Waals surface area contributed by atoms with Crippen molar-refractivity contribution in [3.8, 4) is 5.75 Å². The second kappa shape index (κ2) is 10.1. The molecule has 0 aliphatic carbocycles. The van der Waals surface area contributed by atoms with E-state index in [1.54, 1.807) is 25.3 Å². The molecule has 0 radical (unpaired) electrons. The van der Waals surface area contributed by atoms with Crippen LogP contribution in [-0.2, 0) is 0 Å². The molecule has 0 heterocycles. The van der Waals surface area contributed by atoms with Crippen molar-refractivity contribution in [3.63, 3.8) is 0 Å². The highest BCUT2D eigenvalue weighted by atomic mass is 16.5. The van der Waals surface area contributed by atoms with E-state index in [2.05, 4.69) is 20.7 Å². The van der Waals surface area contributed by atoms with Crippen LogP contribution in [0.15, 0.2) is 63.7 Å². The summed E-state index contributed by atoms with van der Waals surface area (Å²) in [6.45, 7) is 4.24. The third kappa shape index (κ3) is 6.23. The Balaban J connectivity index is 2.09. The van der Waals surface area contributed by atoms with Crippen molar-refractivity contribution in [1.82, 2.24) is 5.48 Å². The summed E-state index contributed by atoms with van der Waals surface area (Å²) >= 11 is 0. The average molecular weight is 367 g/mol. The van der Waals surface area contributed by atoms with E-state index < -0.39 is 0 Å². The van der Waals surface area contributed by atoms with Crippen LogP contribution in [0.3, 0.4) is 0 Å². The number of benzene rings is 2. The molecular weight excluding hydrogens is 342 g/mol. The summed E-state index contributed by atoms with van der Waals surface area (Å²) in [5.74, 6) is 0.990. The molecule has 0 fully saturated rings. The molecule has 2 rings (SSSR count). The minimum Gasteiger partial charge on any atom is -0.494 e. The highest BCUT2D eigenvalue weighted by Gasteiger charge is 2.03. The lowest BCUT2D eigenvalue weighted by atomic mass is 10.2. The van der Waals surface area contributed by atoms with Crippen LogP contribution < -0.4 is 15.1 Å². The highest BCUT2D eigenvalue weighted by Crippen LogP contribution is 2.18. The minimum absolute atomic E-state index is 0.222. The van der Waals surface area contributed by atoms with E-state index >= 15 is 0 Å². The average Bonchev–Trinajstić information content (AvgIpc) is 2.68. The molecule has 0 amide bonds. The van der Waals surface area contributed by atoms with Gasteiger partial charge in [-0.15, -0.1) is 0 Å². The molecule has 0 saturated heterocycles. The van der Waals surface area contributed by atoms with Gasteiger partial charge in [-0.05, 0) is 55.8 Å². The molecular formula is C20H25N5O2. The normalized spacial score (nSPS) is 12.3. The largest absolute Gasteiger partial charge is 0.494 e. The molecule has 2 aromatic rings. The fourth-order valence-electron chi connectivity index (χ4n) is 2.19. The number of nitrogens with zero attached hydrogens (tertiary/aromatic N) is 4. The lowest BCUT2D eigenvalue weighted by Gasteiger charge is -2.11. The van der Waals surface area contributed by atoms with Gasteiger partial charge in [0.05, 0.1) is 18.5 Å². The number of hydrogen-bond donors (Lipinski definition) is 2. The van der Waals surface area contributed by atoms with Crippen LogP contribution in [0.4, 0.5) is 11.4 Å². The van der Waals surface area contributed by atoms with Crippen molar-refractivity contribution in [1.29, 1.82) is 0 Å². The fraction of sp³-hybridized carbons (Fsp3) is 0.250. The van der Waals surface area contributed by atoms with E-state index in [1.807, 2.05) is 62.3 Å². The first-order valence-corrected chi connectivity index (χ1v) is 8.60. The Morgan fingerprint density at radius 2 is 1.78 bits per heavy atom. The van der Waals surface area contributed by atoms with Crippen LogP contribution in [0.5, 0.6) is 5.75 Å². The number of hydroxylamine groups is 1. The van der Waals surface area contributed by atoms with E-state index in [0.29, 0.717) is 18.0 Å². The number of aliphatic imine (C=N–C) groups is 1. The van der Waals surface area contributed by atoms with Crippen molar-refractivity contribution >= 4 is 29.1 Å². The van der Waals surface area contributed by atoms with Crippen LogP contribution in [0.1, 0.15) is 19.4 Å². The molecule has 27 heavy (non-hydrogen) atoms. The zero-order valence-corrected chi connectivity index (χ0v) is 16.0. The number of hydrogen-bond acceptors (Lipinski definition) is 6. The van der Waals surface area contributed by atoms with Crippen LogP contribution in [-0.4, -0.2) is 43.7 Å². The van der Waals surface area contributed by atoms with E-state index in [9.17, 15) is 5.21 Å². The zero-order chi connectivity index (χ0) is 19.6. The highest BCUT2D eigenvalue weighted by molar-refractivity contribution is 6.40. The van der Waals surface area contributed by atoms with Crippen LogP contribution in [0.2, 0.25) is 0 Å². The lowest BCUT2D eigenvalue weighted by molar-refractivity contribution is 0.236. The molecule has 0 aromatic heterocycles. The van der Waals surface area contributed by atoms with E-state index in [0.717, 1.165) is 17.0 Å². The molecule has 0 aliphatic rings. The molecule has 2 aromatic carbocycles. The Hall–Kier alpha value is -3.19. The van der Waals surface area contributed by atoms with Crippen LogP contribution in [0, 0.1) is 0 Å². The fourth-order valence-corrected chi connectivity index (χ4v) is 2.19. The predicted octanol–water partition coefficient (Wildman–Crippen LogP) is 3.66. The van der Waals surface area contributed by atoms with E-state index in [4.69, 9.17) is 4.74 Å². The molecule has 142 valence electrons. The molecule has 0 aliphatic heterocycles. The Morgan fingerprint density at radius 1 is 1.11 bits per heavy atom. The van der Waals surface area contributed by atoms with Gasteiger partial charge in [-0.3, -0.25) is 10.7 Å². The first-order valence-electron chi connectivity index (χ1n) is 8.60. The number of anilines is 1. The summed E-state index contributed by atoms with van der Waals surface area (Å²) in [5, 5.41) is 17.5. The SMILES string of the molecule is CCOc1ccc(N=C(NO)C(C)=NN=Cc2ccc(N(C)C)cc2)cc1. The quantitative estimate of drug-likeness (QED) is 0.445. The third-order valence-electron chi connectivity index (χ3n) is 3.66. The Morgan fingerprint density at radius 3 is 2.33 bits per heavy atom. The second-order valence-corrected chi connectivity index (χ2v) is 5.92. The van der Waals surface area contributed by atoms with Crippen LogP contribution >= 0.6 is 0 Å². The Bertz CT molecular complexity index is 809. The molecule has 2 N–H and O–H groups in total. The number of rotatable bonds is 7. The molecule has 0 bridgehead atoms. The summed E-state index contributed by atoms with van der Waals surface area (Å²) < 4.78 is 5.40. The monoisotopic (exact) mass is 367 g/mol. The smallest absolute Gasteiger partial charge is 0.173 e. The summed E-state index contributed by atoms with van der Waals surface area (Å²) in [7, 11) is 3.98. The zero-order valence-electron chi connectivity index (χ0n) is 16.0. The predicted molar refractivity (Wildman–Crippen MR) is 111 cm³/mol. The maximum absolute atomic E-state index is 9.35. The molecule has 0 saturated carbocycles. The second-order valence-electron chi connectivity index (χ2n) is 5.92. The van der Waals surface area contributed by atoms with Gasteiger partial charge in [0.2, 0.25) is 0 Å². The van der Waals surface area contributed by atoms with E-state index in [-0.39, 0.29) is 5.84 Å². The number of nitrogens with one attached hydrogen (secondary N) is 1. The van der Waals surface area contributed by atoms with Crippen LogP contribution in [0.25, 0.3) is 0 Å². The van der Waals surface area contributed by atoms with Crippen molar-refractivity contribution < 1.29 is 9.94 Å².